The Labute approximate surface area is 112 Å². The van der Waals surface area contributed by atoms with Gasteiger partial charge >= 0.3 is 0 Å². The summed E-state index contributed by atoms with van der Waals surface area (Å²) in [7, 11) is 1.88. The highest BCUT2D eigenvalue weighted by atomic mass is 32.1. The van der Waals surface area contributed by atoms with Crippen molar-refractivity contribution in [2.45, 2.75) is 33.2 Å². The largest absolute Gasteiger partial charge is 0.339 e. The minimum atomic E-state index is -0.203. The molecule has 1 aliphatic heterocycles. The van der Waals surface area contributed by atoms with Crippen LogP contribution in [-0.2, 0) is 11.3 Å². The Hall–Kier alpha value is -0.940. The van der Waals surface area contributed by atoms with Crippen LogP contribution in [0.4, 0.5) is 0 Å². The van der Waals surface area contributed by atoms with Gasteiger partial charge in [0.25, 0.3) is 0 Å². The minimum Gasteiger partial charge on any atom is -0.339 e. The maximum absolute atomic E-state index is 12.5. The zero-order valence-electron chi connectivity index (χ0n) is 11.3. The molecule has 1 N–H and O–H groups in total. The number of hydrogen-bond donors (Lipinski definition) is 1. The third-order valence-corrected chi connectivity index (χ3v) is 4.46. The predicted molar refractivity (Wildman–Crippen MR) is 73.5 cm³/mol. The average molecular weight is 267 g/mol. The third-order valence-electron chi connectivity index (χ3n) is 3.64. The van der Waals surface area contributed by atoms with E-state index < -0.39 is 0 Å². The summed E-state index contributed by atoms with van der Waals surface area (Å²) in [5, 5.41) is 6.39. The van der Waals surface area contributed by atoms with E-state index in [4.69, 9.17) is 0 Å². The van der Waals surface area contributed by atoms with Crippen molar-refractivity contribution in [3.05, 3.63) is 16.1 Å². The van der Waals surface area contributed by atoms with Gasteiger partial charge in [-0.15, -0.1) is 11.3 Å². The molecule has 1 aromatic rings. The van der Waals surface area contributed by atoms with Gasteiger partial charge in [-0.2, -0.15) is 0 Å². The fourth-order valence-electron chi connectivity index (χ4n) is 2.45. The first kappa shape index (κ1) is 13.5. The Kier molecular flexibility index (Phi) is 4.02. The van der Waals surface area contributed by atoms with Crippen LogP contribution in [0.2, 0.25) is 0 Å². The lowest BCUT2D eigenvalue weighted by Crippen LogP contribution is -2.46. The lowest BCUT2D eigenvalue weighted by atomic mass is 9.80. The second kappa shape index (κ2) is 5.36. The monoisotopic (exact) mass is 267 g/mol. The minimum absolute atomic E-state index is 0.203. The lowest BCUT2D eigenvalue weighted by Gasteiger charge is -2.35. The topological polar surface area (TPSA) is 45.2 Å². The molecular weight excluding hydrogens is 246 g/mol. The van der Waals surface area contributed by atoms with Crippen LogP contribution in [0.15, 0.2) is 5.38 Å². The number of amides is 1. The smallest absolute Gasteiger partial charge is 0.228 e. The number of nitrogens with one attached hydrogen (secondary N) is 1. The third kappa shape index (κ3) is 2.90. The number of aromatic nitrogens is 1. The molecule has 18 heavy (non-hydrogen) atoms. The highest BCUT2D eigenvalue weighted by molar-refractivity contribution is 7.09. The molecule has 1 aliphatic rings. The highest BCUT2D eigenvalue weighted by Gasteiger charge is 2.36. The van der Waals surface area contributed by atoms with Crippen molar-refractivity contribution in [2.24, 2.45) is 5.41 Å². The molecule has 5 heteroatoms. The number of nitrogens with zero attached hydrogens (tertiary/aromatic N) is 2. The molecule has 0 aromatic carbocycles. The van der Waals surface area contributed by atoms with Gasteiger partial charge in [-0.05, 0) is 32.9 Å². The van der Waals surface area contributed by atoms with E-state index in [2.05, 4.69) is 17.2 Å². The van der Waals surface area contributed by atoms with Gasteiger partial charge in [-0.25, -0.2) is 4.98 Å². The highest BCUT2D eigenvalue weighted by Crippen LogP contribution is 2.30. The van der Waals surface area contributed by atoms with Gasteiger partial charge in [0.2, 0.25) is 5.91 Å². The summed E-state index contributed by atoms with van der Waals surface area (Å²) in [5.74, 6) is 0.245. The summed E-state index contributed by atoms with van der Waals surface area (Å²) >= 11 is 1.63. The summed E-state index contributed by atoms with van der Waals surface area (Å²) in [6, 6.07) is 0. The van der Waals surface area contributed by atoms with E-state index in [0.717, 1.165) is 36.6 Å². The van der Waals surface area contributed by atoms with Gasteiger partial charge in [-0.3, -0.25) is 4.79 Å². The van der Waals surface area contributed by atoms with E-state index in [-0.39, 0.29) is 11.3 Å². The molecule has 4 nitrogen and oxygen atoms in total. The average Bonchev–Trinajstić information content (AvgIpc) is 2.74. The quantitative estimate of drug-likeness (QED) is 0.908. The van der Waals surface area contributed by atoms with Crippen LogP contribution in [-0.4, -0.2) is 35.9 Å². The second-order valence-corrected chi connectivity index (χ2v) is 6.39. The maximum atomic E-state index is 12.5. The van der Waals surface area contributed by atoms with Crippen LogP contribution in [0.1, 0.15) is 30.5 Å². The van der Waals surface area contributed by atoms with Crippen molar-refractivity contribution < 1.29 is 4.79 Å². The van der Waals surface area contributed by atoms with Gasteiger partial charge in [0.1, 0.15) is 0 Å². The first-order valence-corrected chi connectivity index (χ1v) is 7.26. The molecule has 1 amide bonds. The van der Waals surface area contributed by atoms with E-state index in [0.29, 0.717) is 6.54 Å². The van der Waals surface area contributed by atoms with E-state index in [1.54, 1.807) is 11.3 Å². The molecule has 100 valence electrons. The number of thiazole rings is 1. The van der Waals surface area contributed by atoms with E-state index in [9.17, 15) is 4.79 Å². The molecule has 2 heterocycles. The van der Waals surface area contributed by atoms with Crippen LogP contribution in [0.3, 0.4) is 0 Å². The number of carbonyl (C=O) groups is 1. The first-order chi connectivity index (χ1) is 8.51. The lowest BCUT2D eigenvalue weighted by molar-refractivity contribution is -0.141. The van der Waals surface area contributed by atoms with Crippen LogP contribution in [0.5, 0.6) is 0 Å². The zero-order valence-corrected chi connectivity index (χ0v) is 12.1. The summed E-state index contributed by atoms with van der Waals surface area (Å²) in [6.45, 7) is 6.56. The molecule has 0 unspecified atom stereocenters. The molecule has 0 atom stereocenters. The van der Waals surface area contributed by atoms with Crippen molar-refractivity contribution in [1.29, 1.82) is 0 Å². The van der Waals surface area contributed by atoms with E-state index >= 15 is 0 Å². The number of rotatable bonds is 3. The molecule has 1 aromatic heterocycles. The molecule has 2 rings (SSSR count). The fraction of sp³-hybridized carbons (Fsp3) is 0.692. The SMILES string of the molecule is Cc1nc(CN(C)C(=O)C2(C)CCNCC2)cs1. The summed E-state index contributed by atoms with van der Waals surface area (Å²) in [5.41, 5.74) is 0.788. The van der Waals surface area contributed by atoms with Crippen molar-refractivity contribution in [3.63, 3.8) is 0 Å². The molecule has 0 saturated carbocycles. The van der Waals surface area contributed by atoms with Gasteiger partial charge < -0.3 is 10.2 Å². The second-order valence-electron chi connectivity index (χ2n) is 5.33. The maximum Gasteiger partial charge on any atom is 0.228 e. The molecule has 1 saturated heterocycles. The molecule has 0 spiro atoms. The van der Waals surface area contributed by atoms with Crippen LogP contribution >= 0.6 is 11.3 Å². The van der Waals surface area contributed by atoms with E-state index in [1.165, 1.54) is 0 Å². The normalized spacial score (nSPS) is 18.6. The number of aryl methyl sites for hydroxylation is 1. The number of hydrogen-bond acceptors (Lipinski definition) is 4. The fourth-order valence-corrected chi connectivity index (χ4v) is 3.05. The van der Waals surface area contributed by atoms with Crippen LogP contribution < -0.4 is 5.32 Å². The Morgan fingerprint density at radius 2 is 2.22 bits per heavy atom. The van der Waals surface area contributed by atoms with Gasteiger partial charge in [0, 0.05) is 17.8 Å². The Balaban J connectivity index is 1.99. The Bertz CT molecular complexity index is 424. The zero-order chi connectivity index (χ0) is 13.2. The summed E-state index contributed by atoms with van der Waals surface area (Å²) in [6.07, 6.45) is 1.85. The summed E-state index contributed by atoms with van der Waals surface area (Å²) in [4.78, 5) is 18.7. The Morgan fingerprint density at radius 3 is 2.78 bits per heavy atom. The summed E-state index contributed by atoms with van der Waals surface area (Å²) < 4.78 is 0. The van der Waals surface area contributed by atoms with Gasteiger partial charge in [0.15, 0.2) is 0 Å². The molecule has 0 aliphatic carbocycles. The van der Waals surface area contributed by atoms with Crippen molar-refractivity contribution in [3.8, 4) is 0 Å². The van der Waals surface area contributed by atoms with Gasteiger partial charge in [0.05, 0.1) is 17.2 Å². The van der Waals surface area contributed by atoms with Crippen LogP contribution in [0, 0.1) is 12.3 Å². The van der Waals surface area contributed by atoms with Crippen LogP contribution in [0.25, 0.3) is 0 Å². The standard InChI is InChI=1S/C13H21N3OS/c1-10-15-11(9-18-10)8-16(3)12(17)13(2)4-6-14-7-5-13/h9,14H,4-8H2,1-3H3. The van der Waals surface area contributed by atoms with E-state index in [1.807, 2.05) is 24.3 Å². The van der Waals surface area contributed by atoms with Crippen molar-refractivity contribution in [1.82, 2.24) is 15.2 Å². The van der Waals surface area contributed by atoms with Crippen molar-refractivity contribution in [2.75, 3.05) is 20.1 Å². The molecule has 0 radical (unpaired) electrons. The molecular formula is C13H21N3OS. The molecule has 1 fully saturated rings. The predicted octanol–water partition coefficient (Wildman–Crippen LogP) is 1.80. The number of carbonyl (C=O) groups excluding carboxylic acids is 1. The molecule has 0 bridgehead atoms. The first-order valence-electron chi connectivity index (χ1n) is 6.38. The van der Waals surface area contributed by atoms with Crippen molar-refractivity contribution >= 4 is 17.2 Å². The number of piperidine rings is 1. The van der Waals surface area contributed by atoms with Gasteiger partial charge in [-0.1, -0.05) is 6.92 Å². The Morgan fingerprint density at radius 1 is 1.56 bits per heavy atom.